The van der Waals surface area contributed by atoms with Crippen LogP contribution in [-0.4, -0.2) is 18.5 Å². The SMILES string of the molecule is COc1ccccc1C1NCc2c(F)cccc2N=C1NC(C)(C)C. The molecule has 0 spiro atoms. The van der Waals surface area contributed by atoms with Gasteiger partial charge in [-0.15, -0.1) is 0 Å². The Labute approximate surface area is 148 Å². The van der Waals surface area contributed by atoms with E-state index in [0.717, 1.165) is 17.1 Å². The zero-order valence-corrected chi connectivity index (χ0v) is 15.1. The third-order valence-corrected chi connectivity index (χ3v) is 4.04. The summed E-state index contributed by atoms with van der Waals surface area (Å²) in [7, 11) is 1.65. The maximum Gasteiger partial charge on any atom is 0.129 e. The fourth-order valence-electron chi connectivity index (χ4n) is 2.97. The van der Waals surface area contributed by atoms with Gasteiger partial charge in [0.2, 0.25) is 0 Å². The van der Waals surface area contributed by atoms with Crippen LogP contribution in [0.3, 0.4) is 0 Å². The number of amidine groups is 1. The Hall–Kier alpha value is -2.40. The minimum absolute atomic E-state index is 0.182. The van der Waals surface area contributed by atoms with E-state index in [4.69, 9.17) is 9.73 Å². The zero-order valence-electron chi connectivity index (χ0n) is 15.1. The van der Waals surface area contributed by atoms with Gasteiger partial charge in [-0.05, 0) is 39.0 Å². The van der Waals surface area contributed by atoms with Gasteiger partial charge in [-0.25, -0.2) is 9.38 Å². The molecule has 1 aliphatic rings. The molecular weight excluding hydrogens is 317 g/mol. The van der Waals surface area contributed by atoms with Crippen molar-refractivity contribution in [2.24, 2.45) is 4.99 Å². The van der Waals surface area contributed by atoms with Gasteiger partial charge in [0, 0.05) is 23.2 Å². The number of ether oxygens (including phenoxy) is 1. The summed E-state index contributed by atoms with van der Waals surface area (Å²) in [5.74, 6) is 1.28. The van der Waals surface area contributed by atoms with Crippen LogP contribution in [0.5, 0.6) is 5.75 Å². The number of hydrogen-bond donors (Lipinski definition) is 2. The van der Waals surface area contributed by atoms with Gasteiger partial charge in [0.1, 0.15) is 17.4 Å². The molecule has 132 valence electrons. The van der Waals surface area contributed by atoms with Crippen molar-refractivity contribution in [3.8, 4) is 5.75 Å². The molecule has 0 saturated heterocycles. The van der Waals surface area contributed by atoms with E-state index < -0.39 is 0 Å². The highest BCUT2D eigenvalue weighted by Crippen LogP contribution is 2.32. The van der Waals surface area contributed by atoms with Crippen molar-refractivity contribution < 1.29 is 9.13 Å². The molecular formula is C20H24FN3O. The number of hydrogen-bond acceptors (Lipinski definition) is 4. The van der Waals surface area contributed by atoms with Gasteiger partial charge in [0.15, 0.2) is 0 Å². The molecule has 0 amide bonds. The summed E-state index contributed by atoms with van der Waals surface area (Å²) in [4.78, 5) is 4.77. The average Bonchev–Trinajstić information content (AvgIpc) is 2.73. The van der Waals surface area contributed by atoms with Crippen molar-refractivity contribution >= 4 is 11.5 Å². The molecule has 0 aliphatic carbocycles. The molecule has 0 radical (unpaired) electrons. The topological polar surface area (TPSA) is 45.6 Å². The van der Waals surface area contributed by atoms with E-state index in [1.807, 2.05) is 30.3 Å². The Kier molecular flexibility index (Phi) is 4.77. The molecule has 1 aliphatic heterocycles. The van der Waals surface area contributed by atoms with Crippen molar-refractivity contribution in [3.63, 3.8) is 0 Å². The summed E-state index contributed by atoms with van der Waals surface area (Å²) in [6.45, 7) is 6.62. The predicted molar refractivity (Wildman–Crippen MR) is 99.0 cm³/mol. The molecule has 1 unspecified atom stereocenters. The predicted octanol–water partition coefficient (Wildman–Crippen LogP) is 4.10. The number of halogens is 1. The van der Waals surface area contributed by atoms with E-state index in [1.54, 1.807) is 13.2 Å². The van der Waals surface area contributed by atoms with Crippen LogP contribution >= 0.6 is 0 Å². The van der Waals surface area contributed by atoms with Crippen molar-refractivity contribution in [3.05, 3.63) is 59.4 Å². The molecule has 5 heteroatoms. The second-order valence-corrected chi connectivity index (χ2v) is 7.17. The summed E-state index contributed by atoms with van der Waals surface area (Å²) < 4.78 is 19.8. The Morgan fingerprint density at radius 1 is 1.16 bits per heavy atom. The molecule has 25 heavy (non-hydrogen) atoms. The van der Waals surface area contributed by atoms with Crippen LogP contribution in [0, 0.1) is 5.82 Å². The lowest BCUT2D eigenvalue weighted by molar-refractivity contribution is 0.404. The highest BCUT2D eigenvalue weighted by Gasteiger charge is 2.28. The number of nitrogens with zero attached hydrogens (tertiary/aromatic N) is 1. The Bertz CT molecular complexity index is 796. The van der Waals surface area contributed by atoms with Crippen LogP contribution in [-0.2, 0) is 6.54 Å². The normalized spacial score (nSPS) is 17.3. The number of rotatable bonds is 2. The summed E-state index contributed by atoms with van der Waals surface area (Å²) in [5, 5.41) is 6.90. The lowest BCUT2D eigenvalue weighted by atomic mass is 10.0. The van der Waals surface area contributed by atoms with E-state index in [9.17, 15) is 4.39 Å². The minimum Gasteiger partial charge on any atom is -0.496 e. The average molecular weight is 341 g/mol. The fraction of sp³-hybridized carbons (Fsp3) is 0.350. The fourth-order valence-corrected chi connectivity index (χ4v) is 2.97. The monoisotopic (exact) mass is 341 g/mol. The molecule has 0 aromatic heterocycles. The highest BCUT2D eigenvalue weighted by molar-refractivity contribution is 5.92. The zero-order chi connectivity index (χ0) is 18.0. The molecule has 1 atom stereocenters. The second-order valence-electron chi connectivity index (χ2n) is 7.17. The first-order chi connectivity index (χ1) is 11.9. The summed E-state index contributed by atoms with van der Waals surface area (Å²) in [6.07, 6.45) is 0. The molecule has 1 heterocycles. The number of nitrogens with one attached hydrogen (secondary N) is 2. The van der Waals surface area contributed by atoms with Gasteiger partial charge in [-0.3, -0.25) is 5.32 Å². The number of benzene rings is 2. The van der Waals surface area contributed by atoms with Gasteiger partial charge in [0.05, 0.1) is 18.8 Å². The van der Waals surface area contributed by atoms with Gasteiger partial charge in [0.25, 0.3) is 0 Å². The van der Waals surface area contributed by atoms with Crippen molar-refractivity contribution in [2.75, 3.05) is 7.11 Å². The summed E-state index contributed by atoms with van der Waals surface area (Å²) in [5.41, 5.74) is 2.01. The van der Waals surface area contributed by atoms with E-state index >= 15 is 0 Å². The third kappa shape index (κ3) is 3.82. The quantitative estimate of drug-likeness (QED) is 0.864. The van der Waals surface area contributed by atoms with Gasteiger partial charge in [-0.2, -0.15) is 0 Å². The minimum atomic E-state index is -0.246. The van der Waals surface area contributed by atoms with Gasteiger partial charge < -0.3 is 10.1 Å². The highest BCUT2D eigenvalue weighted by atomic mass is 19.1. The third-order valence-electron chi connectivity index (χ3n) is 4.04. The largest absolute Gasteiger partial charge is 0.496 e. The molecule has 2 aromatic carbocycles. The van der Waals surface area contributed by atoms with E-state index in [2.05, 4.69) is 31.4 Å². The van der Waals surface area contributed by atoms with Crippen molar-refractivity contribution in [1.29, 1.82) is 0 Å². The number of fused-ring (bicyclic) bond motifs is 1. The Morgan fingerprint density at radius 3 is 2.64 bits per heavy atom. The molecule has 0 fully saturated rings. The molecule has 2 aromatic rings. The van der Waals surface area contributed by atoms with Crippen molar-refractivity contribution in [1.82, 2.24) is 10.6 Å². The van der Waals surface area contributed by atoms with E-state index in [1.165, 1.54) is 6.07 Å². The molecule has 3 rings (SSSR count). The van der Waals surface area contributed by atoms with Crippen LogP contribution in [0.4, 0.5) is 10.1 Å². The Balaban J connectivity index is 2.11. The van der Waals surface area contributed by atoms with Crippen LogP contribution in [0.2, 0.25) is 0 Å². The maximum absolute atomic E-state index is 14.2. The molecule has 4 nitrogen and oxygen atoms in total. The second kappa shape index (κ2) is 6.84. The first-order valence-corrected chi connectivity index (χ1v) is 8.39. The number of para-hydroxylation sites is 1. The molecule has 0 bridgehead atoms. The molecule has 2 N–H and O–H groups in total. The van der Waals surface area contributed by atoms with Crippen LogP contribution < -0.4 is 15.4 Å². The van der Waals surface area contributed by atoms with Gasteiger partial charge in [-0.1, -0.05) is 24.3 Å². The van der Waals surface area contributed by atoms with E-state index in [0.29, 0.717) is 17.8 Å². The summed E-state index contributed by atoms with van der Waals surface area (Å²) in [6, 6.07) is 12.6. The number of methoxy groups -OCH3 is 1. The van der Waals surface area contributed by atoms with E-state index in [-0.39, 0.29) is 17.4 Å². The van der Waals surface area contributed by atoms with Crippen LogP contribution in [0.15, 0.2) is 47.5 Å². The lowest BCUT2D eigenvalue weighted by Crippen LogP contribution is -2.46. The van der Waals surface area contributed by atoms with Crippen LogP contribution in [0.25, 0.3) is 0 Å². The smallest absolute Gasteiger partial charge is 0.129 e. The standard InChI is InChI=1S/C20H24FN3O/c1-20(2,3)24-19-18(13-8-5-6-11-17(13)25-4)22-12-14-15(21)9-7-10-16(14)23-19/h5-11,18,22H,12H2,1-4H3,(H,23,24). The first kappa shape index (κ1) is 17.4. The lowest BCUT2D eigenvalue weighted by Gasteiger charge is -2.28. The van der Waals surface area contributed by atoms with Gasteiger partial charge >= 0.3 is 0 Å². The number of aliphatic imine (C=N–C) groups is 1. The maximum atomic E-state index is 14.2. The molecule has 0 saturated carbocycles. The Morgan fingerprint density at radius 2 is 1.92 bits per heavy atom. The first-order valence-electron chi connectivity index (χ1n) is 8.39. The van der Waals surface area contributed by atoms with Crippen molar-refractivity contribution in [2.45, 2.75) is 38.9 Å². The van der Waals surface area contributed by atoms with Crippen LogP contribution in [0.1, 0.15) is 37.9 Å². The summed E-state index contributed by atoms with van der Waals surface area (Å²) >= 11 is 0.